The third kappa shape index (κ3) is 8.41. The minimum absolute atomic E-state index is 0.140. The molecule has 2 rings (SSSR count). The number of methoxy groups -OCH3 is 2. The second-order valence-electron chi connectivity index (χ2n) is 6.73. The molecule has 0 saturated carbocycles. The van der Waals surface area contributed by atoms with Crippen LogP contribution in [0.4, 0.5) is 0 Å². The largest absolute Gasteiger partial charge is 0.493 e. The molecule has 0 heterocycles. The second kappa shape index (κ2) is 13.4. The molecule has 0 saturated heterocycles. The molecule has 31 heavy (non-hydrogen) atoms. The Morgan fingerprint density at radius 2 is 1.77 bits per heavy atom. The molecule has 0 spiro atoms. The number of nitrogens with one attached hydrogen (secondary N) is 2. The lowest BCUT2D eigenvalue weighted by atomic mass is 10.1. The summed E-state index contributed by atoms with van der Waals surface area (Å²) in [4.78, 5) is 24.9. The zero-order chi connectivity index (χ0) is 22.5. The maximum Gasteiger partial charge on any atom is 0.258 e. The van der Waals surface area contributed by atoms with Crippen molar-refractivity contribution < 1.29 is 23.8 Å². The lowest BCUT2D eigenvalue weighted by molar-refractivity contribution is -0.130. The highest BCUT2D eigenvalue weighted by Gasteiger charge is 2.20. The van der Waals surface area contributed by atoms with Crippen LogP contribution in [0.2, 0.25) is 0 Å². The molecule has 2 N–H and O–H groups in total. The Morgan fingerprint density at radius 3 is 2.45 bits per heavy atom. The van der Waals surface area contributed by atoms with Gasteiger partial charge in [0.15, 0.2) is 18.1 Å². The van der Waals surface area contributed by atoms with Crippen molar-refractivity contribution in [2.24, 2.45) is 0 Å². The van der Waals surface area contributed by atoms with Crippen molar-refractivity contribution in [2.75, 3.05) is 39.4 Å². The quantitative estimate of drug-likeness (QED) is 0.492. The first-order chi connectivity index (χ1) is 15.1. The molecule has 1 unspecified atom stereocenters. The summed E-state index contributed by atoms with van der Waals surface area (Å²) in [5.74, 6) is 2.14. The number of thioether (sulfide) groups is 1. The molecule has 2 aromatic carbocycles. The van der Waals surface area contributed by atoms with Gasteiger partial charge in [-0.3, -0.25) is 9.59 Å². The van der Waals surface area contributed by atoms with Crippen LogP contribution in [0, 0.1) is 0 Å². The molecule has 0 aliphatic rings. The third-order valence-corrected chi connectivity index (χ3v) is 5.18. The fourth-order valence-corrected chi connectivity index (χ4v) is 3.37. The lowest BCUT2D eigenvalue weighted by Gasteiger charge is -2.18. The molecule has 0 fully saturated rings. The predicted molar refractivity (Wildman–Crippen MR) is 123 cm³/mol. The molecule has 2 aromatic rings. The van der Waals surface area contributed by atoms with Gasteiger partial charge in [-0.2, -0.15) is 11.8 Å². The maximum atomic E-state index is 12.7. The molecular formula is C23H30N2O5S. The van der Waals surface area contributed by atoms with E-state index in [0.717, 1.165) is 11.3 Å². The summed E-state index contributed by atoms with van der Waals surface area (Å²) in [7, 11) is 3.18. The van der Waals surface area contributed by atoms with E-state index >= 15 is 0 Å². The summed E-state index contributed by atoms with van der Waals surface area (Å²) < 4.78 is 16.0. The fraction of sp³-hybridized carbons (Fsp3) is 0.391. The Bertz CT molecular complexity index is 832. The van der Waals surface area contributed by atoms with E-state index in [1.165, 1.54) is 0 Å². The summed E-state index contributed by atoms with van der Waals surface area (Å²) in [6, 6.07) is 14.1. The van der Waals surface area contributed by atoms with E-state index in [2.05, 4.69) is 10.6 Å². The van der Waals surface area contributed by atoms with Crippen LogP contribution in [0.15, 0.2) is 48.5 Å². The fourth-order valence-electron chi connectivity index (χ4n) is 2.90. The number of amides is 2. The molecule has 0 bridgehead atoms. The first-order valence-electron chi connectivity index (χ1n) is 10.0. The zero-order valence-electron chi connectivity index (χ0n) is 18.2. The van der Waals surface area contributed by atoms with Gasteiger partial charge in [0.25, 0.3) is 5.91 Å². The van der Waals surface area contributed by atoms with Gasteiger partial charge in [0, 0.05) is 6.54 Å². The molecule has 8 heteroatoms. The number of para-hydroxylation sites is 1. The van der Waals surface area contributed by atoms with Crippen LogP contribution in [0.5, 0.6) is 17.2 Å². The Labute approximate surface area is 187 Å². The van der Waals surface area contributed by atoms with Gasteiger partial charge in [-0.25, -0.2) is 0 Å². The molecule has 168 valence electrons. The van der Waals surface area contributed by atoms with E-state index in [1.54, 1.807) is 38.1 Å². The van der Waals surface area contributed by atoms with Gasteiger partial charge in [-0.15, -0.1) is 0 Å². The molecule has 0 aliphatic carbocycles. The first-order valence-corrected chi connectivity index (χ1v) is 11.4. The molecule has 2 amide bonds. The highest BCUT2D eigenvalue weighted by Crippen LogP contribution is 2.27. The van der Waals surface area contributed by atoms with Crippen molar-refractivity contribution in [3.8, 4) is 17.2 Å². The minimum atomic E-state index is -0.607. The van der Waals surface area contributed by atoms with E-state index in [9.17, 15) is 9.59 Å². The van der Waals surface area contributed by atoms with E-state index in [4.69, 9.17) is 14.2 Å². The van der Waals surface area contributed by atoms with Crippen LogP contribution in [0.3, 0.4) is 0 Å². The Morgan fingerprint density at radius 1 is 1.03 bits per heavy atom. The monoisotopic (exact) mass is 446 g/mol. The summed E-state index contributed by atoms with van der Waals surface area (Å²) in [6.07, 6.45) is 3.14. The van der Waals surface area contributed by atoms with Crippen LogP contribution < -0.4 is 24.8 Å². The zero-order valence-corrected chi connectivity index (χ0v) is 19.0. The average molecular weight is 447 g/mol. The van der Waals surface area contributed by atoms with Gasteiger partial charge in [-0.05, 0) is 54.7 Å². The summed E-state index contributed by atoms with van der Waals surface area (Å²) in [5.41, 5.74) is 1.01. The Balaban J connectivity index is 1.85. The topological polar surface area (TPSA) is 85.9 Å². The van der Waals surface area contributed by atoms with Gasteiger partial charge >= 0.3 is 0 Å². The van der Waals surface area contributed by atoms with E-state index in [-0.39, 0.29) is 18.4 Å². The molecule has 0 aliphatic heterocycles. The van der Waals surface area contributed by atoms with E-state index in [1.807, 2.05) is 42.7 Å². The molecule has 0 aromatic heterocycles. The summed E-state index contributed by atoms with van der Waals surface area (Å²) in [6.45, 7) is 0.305. The highest BCUT2D eigenvalue weighted by molar-refractivity contribution is 7.98. The Hall–Kier alpha value is -2.87. The summed E-state index contributed by atoms with van der Waals surface area (Å²) in [5, 5.41) is 5.69. The van der Waals surface area contributed by atoms with Gasteiger partial charge in [-0.1, -0.05) is 24.3 Å². The van der Waals surface area contributed by atoms with Crippen molar-refractivity contribution in [2.45, 2.75) is 18.9 Å². The second-order valence-corrected chi connectivity index (χ2v) is 7.72. The van der Waals surface area contributed by atoms with Gasteiger partial charge in [0.1, 0.15) is 11.8 Å². The number of carbonyl (C=O) groups is 2. The van der Waals surface area contributed by atoms with Crippen molar-refractivity contribution >= 4 is 23.6 Å². The first kappa shape index (κ1) is 24.4. The van der Waals surface area contributed by atoms with Crippen LogP contribution >= 0.6 is 11.8 Å². The smallest absolute Gasteiger partial charge is 0.258 e. The van der Waals surface area contributed by atoms with Crippen molar-refractivity contribution in [1.29, 1.82) is 0 Å². The number of hydrogen-bond donors (Lipinski definition) is 2. The minimum Gasteiger partial charge on any atom is -0.493 e. The number of ether oxygens (including phenoxy) is 3. The van der Waals surface area contributed by atoms with Gasteiger partial charge < -0.3 is 24.8 Å². The van der Waals surface area contributed by atoms with Crippen molar-refractivity contribution in [3.05, 3.63) is 54.1 Å². The van der Waals surface area contributed by atoms with Crippen LogP contribution in [-0.2, 0) is 16.0 Å². The standard InChI is InChI=1S/C23H30N2O5S/c1-28-20-10-9-17(15-21(20)29-2)11-13-24-23(27)19(12-14-31-3)25-22(26)16-30-18-7-5-4-6-8-18/h4-10,15,19H,11-14,16H2,1-3H3,(H,24,27)(H,25,26). The Kier molecular flexibility index (Phi) is 10.6. The molecule has 0 radical (unpaired) electrons. The summed E-state index contributed by atoms with van der Waals surface area (Å²) >= 11 is 1.62. The number of hydrogen-bond acceptors (Lipinski definition) is 6. The highest BCUT2D eigenvalue weighted by atomic mass is 32.2. The maximum absolute atomic E-state index is 12.7. The van der Waals surface area contributed by atoms with Crippen LogP contribution in [-0.4, -0.2) is 57.2 Å². The third-order valence-electron chi connectivity index (χ3n) is 4.54. The number of carbonyl (C=O) groups excluding carboxylic acids is 2. The normalized spacial score (nSPS) is 11.3. The number of benzene rings is 2. The predicted octanol–water partition coefficient (Wildman–Crippen LogP) is 2.68. The molecular weight excluding hydrogens is 416 g/mol. The SMILES string of the molecule is COc1ccc(CCNC(=O)C(CCSC)NC(=O)COc2ccccc2)cc1OC. The molecule has 7 nitrogen and oxygen atoms in total. The lowest BCUT2D eigenvalue weighted by Crippen LogP contribution is -2.48. The van der Waals surface area contributed by atoms with Crippen LogP contribution in [0.25, 0.3) is 0 Å². The van der Waals surface area contributed by atoms with Gasteiger partial charge in [0.2, 0.25) is 5.91 Å². The van der Waals surface area contributed by atoms with E-state index in [0.29, 0.717) is 36.6 Å². The number of rotatable bonds is 13. The van der Waals surface area contributed by atoms with Crippen molar-refractivity contribution in [1.82, 2.24) is 10.6 Å². The van der Waals surface area contributed by atoms with E-state index < -0.39 is 6.04 Å². The molecule has 1 atom stereocenters. The average Bonchev–Trinajstić information content (AvgIpc) is 2.80. The van der Waals surface area contributed by atoms with Crippen molar-refractivity contribution in [3.63, 3.8) is 0 Å². The van der Waals surface area contributed by atoms with Gasteiger partial charge in [0.05, 0.1) is 14.2 Å². The van der Waals surface area contributed by atoms with Crippen LogP contribution in [0.1, 0.15) is 12.0 Å².